The van der Waals surface area contributed by atoms with Crippen molar-refractivity contribution in [3.8, 4) is 0 Å². The Bertz CT molecular complexity index is 557. The van der Waals surface area contributed by atoms with E-state index < -0.39 is 5.97 Å². The van der Waals surface area contributed by atoms with Gasteiger partial charge in [0, 0.05) is 23.6 Å². The molecule has 7 heteroatoms. The van der Waals surface area contributed by atoms with E-state index in [1.54, 1.807) is 4.90 Å². The Morgan fingerprint density at radius 1 is 1.33 bits per heavy atom. The summed E-state index contributed by atoms with van der Waals surface area (Å²) in [5.74, 6) is -1.06. The third-order valence-electron chi connectivity index (χ3n) is 3.16. The first-order valence-electron chi connectivity index (χ1n) is 6.61. The highest BCUT2D eigenvalue weighted by molar-refractivity contribution is 8.00. The molecule has 2 amide bonds. The van der Waals surface area contributed by atoms with Gasteiger partial charge in [-0.1, -0.05) is 25.4 Å². The summed E-state index contributed by atoms with van der Waals surface area (Å²) in [7, 11) is 0. The molecule has 1 aliphatic heterocycles. The van der Waals surface area contributed by atoms with E-state index >= 15 is 0 Å². The second-order valence-corrected chi connectivity index (χ2v) is 7.38. The molecule has 0 bridgehead atoms. The van der Waals surface area contributed by atoms with Gasteiger partial charge in [-0.05, 0) is 18.2 Å². The molecule has 1 aliphatic rings. The Labute approximate surface area is 132 Å². The number of hydrogen-bond acceptors (Lipinski definition) is 3. The van der Waals surface area contributed by atoms with Crippen molar-refractivity contribution in [2.75, 3.05) is 18.4 Å². The van der Waals surface area contributed by atoms with Crippen LogP contribution in [0.4, 0.5) is 10.5 Å². The molecule has 5 nitrogen and oxygen atoms in total. The second-order valence-electron chi connectivity index (χ2n) is 5.09. The van der Waals surface area contributed by atoms with E-state index in [0.29, 0.717) is 34.3 Å². The van der Waals surface area contributed by atoms with Crippen LogP contribution in [0.5, 0.6) is 0 Å². The molecule has 1 saturated heterocycles. The number of carbonyl (C=O) groups is 2. The Kier molecular flexibility index (Phi) is 5.00. The standard InChI is InChI=1S/C14H17ClN2O3S/c1-8-6-17(7-9(2)21-8)14(20)16-12-5-10(13(18)19)3-4-11(12)15/h3-5,8-9H,6-7H2,1-2H3,(H,16,20)(H,18,19). The molecule has 2 unspecified atom stereocenters. The Hall–Kier alpha value is -1.40. The molecule has 0 saturated carbocycles. The van der Waals surface area contributed by atoms with Crippen LogP contribution in [0.25, 0.3) is 0 Å². The number of carboxylic acid groups (broad SMARTS) is 1. The number of amides is 2. The molecular weight excluding hydrogens is 312 g/mol. The van der Waals surface area contributed by atoms with Crippen LogP contribution in [0.1, 0.15) is 24.2 Å². The molecule has 2 atom stereocenters. The minimum absolute atomic E-state index is 0.0886. The number of carbonyl (C=O) groups excluding carboxylic acids is 1. The van der Waals surface area contributed by atoms with E-state index in [0.717, 1.165) is 0 Å². The van der Waals surface area contributed by atoms with Crippen LogP contribution >= 0.6 is 23.4 Å². The number of urea groups is 1. The van der Waals surface area contributed by atoms with Gasteiger partial charge in [0.1, 0.15) is 0 Å². The summed E-state index contributed by atoms with van der Waals surface area (Å²) in [6.45, 7) is 5.49. The van der Waals surface area contributed by atoms with Gasteiger partial charge in [-0.15, -0.1) is 0 Å². The van der Waals surface area contributed by atoms with Gasteiger partial charge in [-0.3, -0.25) is 0 Å². The molecule has 0 radical (unpaired) electrons. The van der Waals surface area contributed by atoms with E-state index in [2.05, 4.69) is 19.2 Å². The van der Waals surface area contributed by atoms with Gasteiger partial charge in [0.15, 0.2) is 0 Å². The molecule has 2 N–H and O–H groups in total. The fourth-order valence-corrected chi connectivity index (χ4v) is 3.78. The minimum Gasteiger partial charge on any atom is -0.478 e. The van der Waals surface area contributed by atoms with Gasteiger partial charge < -0.3 is 15.3 Å². The highest BCUT2D eigenvalue weighted by Crippen LogP contribution is 2.27. The number of thioether (sulfide) groups is 1. The minimum atomic E-state index is -1.06. The maximum atomic E-state index is 12.3. The van der Waals surface area contributed by atoms with Gasteiger partial charge in [0.05, 0.1) is 16.3 Å². The van der Waals surface area contributed by atoms with Gasteiger partial charge in [0.2, 0.25) is 0 Å². The number of nitrogens with zero attached hydrogens (tertiary/aromatic N) is 1. The smallest absolute Gasteiger partial charge is 0.335 e. The molecular formula is C14H17ClN2O3S. The first-order valence-corrected chi connectivity index (χ1v) is 7.93. The topological polar surface area (TPSA) is 69.6 Å². The van der Waals surface area contributed by atoms with Crippen molar-refractivity contribution in [2.45, 2.75) is 24.3 Å². The van der Waals surface area contributed by atoms with E-state index in [9.17, 15) is 9.59 Å². The summed E-state index contributed by atoms with van der Waals surface area (Å²) in [6, 6.07) is 3.99. The molecule has 2 rings (SSSR count). The zero-order valence-corrected chi connectivity index (χ0v) is 13.4. The quantitative estimate of drug-likeness (QED) is 0.873. The lowest BCUT2D eigenvalue weighted by molar-refractivity contribution is 0.0697. The number of rotatable bonds is 2. The van der Waals surface area contributed by atoms with Crippen molar-refractivity contribution >= 4 is 41.1 Å². The number of aromatic carboxylic acids is 1. The first kappa shape index (κ1) is 16.0. The predicted molar refractivity (Wildman–Crippen MR) is 85.5 cm³/mol. The number of carboxylic acids is 1. The normalized spacial score (nSPS) is 22.0. The maximum absolute atomic E-state index is 12.3. The summed E-state index contributed by atoms with van der Waals surface area (Å²) >= 11 is 7.86. The molecule has 114 valence electrons. The SMILES string of the molecule is CC1CN(C(=O)Nc2cc(C(=O)O)ccc2Cl)CC(C)S1. The zero-order chi connectivity index (χ0) is 15.6. The third kappa shape index (κ3) is 4.04. The van der Waals surface area contributed by atoms with Crippen molar-refractivity contribution in [3.05, 3.63) is 28.8 Å². The molecule has 1 heterocycles. The van der Waals surface area contributed by atoms with E-state index in [1.165, 1.54) is 18.2 Å². The Morgan fingerprint density at radius 3 is 2.52 bits per heavy atom. The van der Waals surface area contributed by atoms with Crippen LogP contribution in [0.15, 0.2) is 18.2 Å². The number of nitrogens with one attached hydrogen (secondary N) is 1. The van der Waals surface area contributed by atoms with Crippen molar-refractivity contribution in [1.82, 2.24) is 4.90 Å². The third-order valence-corrected chi connectivity index (χ3v) is 4.72. The highest BCUT2D eigenvalue weighted by atomic mass is 35.5. The van der Waals surface area contributed by atoms with Gasteiger partial charge >= 0.3 is 12.0 Å². The lowest BCUT2D eigenvalue weighted by atomic mass is 10.2. The van der Waals surface area contributed by atoms with Crippen molar-refractivity contribution in [1.29, 1.82) is 0 Å². The van der Waals surface area contributed by atoms with Gasteiger partial charge in [-0.2, -0.15) is 11.8 Å². The second kappa shape index (κ2) is 6.58. The van der Waals surface area contributed by atoms with Crippen LogP contribution in [0, 0.1) is 0 Å². The maximum Gasteiger partial charge on any atom is 0.335 e. The summed E-state index contributed by atoms with van der Waals surface area (Å²) < 4.78 is 0. The van der Waals surface area contributed by atoms with E-state index in [4.69, 9.17) is 16.7 Å². The molecule has 0 spiro atoms. The Morgan fingerprint density at radius 2 is 1.95 bits per heavy atom. The Balaban J connectivity index is 2.12. The van der Waals surface area contributed by atoms with Crippen LogP contribution in [0.2, 0.25) is 5.02 Å². The average Bonchev–Trinajstić information content (AvgIpc) is 2.39. The van der Waals surface area contributed by atoms with E-state index in [-0.39, 0.29) is 11.6 Å². The number of anilines is 1. The molecule has 0 aromatic heterocycles. The number of benzene rings is 1. The summed E-state index contributed by atoms with van der Waals surface area (Å²) in [5, 5.41) is 12.8. The lowest BCUT2D eigenvalue weighted by Crippen LogP contribution is -2.46. The average molecular weight is 329 g/mol. The molecule has 1 fully saturated rings. The van der Waals surface area contributed by atoms with Crippen molar-refractivity contribution < 1.29 is 14.7 Å². The van der Waals surface area contributed by atoms with Crippen LogP contribution in [-0.4, -0.2) is 45.6 Å². The van der Waals surface area contributed by atoms with E-state index in [1.807, 2.05) is 11.8 Å². The summed E-state index contributed by atoms with van der Waals surface area (Å²) in [6.07, 6.45) is 0. The predicted octanol–water partition coefficient (Wildman–Crippen LogP) is 3.40. The molecule has 1 aromatic carbocycles. The van der Waals surface area contributed by atoms with Gasteiger partial charge in [0.25, 0.3) is 0 Å². The van der Waals surface area contributed by atoms with Crippen molar-refractivity contribution in [2.24, 2.45) is 0 Å². The molecule has 21 heavy (non-hydrogen) atoms. The van der Waals surface area contributed by atoms with Gasteiger partial charge in [-0.25, -0.2) is 9.59 Å². The summed E-state index contributed by atoms with van der Waals surface area (Å²) in [5.41, 5.74) is 0.408. The summed E-state index contributed by atoms with van der Waals surface area (Å²) in [4.78, 5) is 25.0. The molecule has 1 aromatic rings. The zero-order valence-electron chi connectivity index (χ0n) is 11.8. The number of halogens is 1. The highest BCUT2D eigenvalue weighted by Gasteiger charge is 2.26. The fraction of sp³-hybridized carbons (Fsp3) is 0.429. The van der Waals surface area contributed by atoms with Crippen LogP contribution in [0.3, 0.4) is 0 Å². The van der Waals surface area contributed by atoms with Crippen LogP contribution < -0.4 is 5.32 Å². The first-order chi connectivity index (χ1) is 9.86. The fourth-order valence-electron chi connectivity index (χ4n) is 2.29. The largest absolute Gasteiger partial charge is 0.478 e. The van der Waals surface area contributed by atoms with Crippen LogP contribution in [-0.2, 0) is 0 Å². The monoisotopic (exact) mass is 328 g/mol. The lowest BCUT2D eigenvalue weighted by Gasteiger charge is -2.34. The molecule has 0 aliphatic carbocycles. The number of hydrogen-bond donors (Lipinski definition) is 2. The van der Waals surface area contributed by atoms with Crippen molar-refractivity contribution in [3.63, 3.8) is 0 Å².